The number of carbonyl (C=O) groups excluding carboxylic acids is 2. The molecular weight excluding hydrogens is 362 g/mol. The molecule has 0 aliphatic heterocycles. The Morgan fingerprint density at radius 2 is 2.18 bits per heavy atom. The van der Waals surface area contributed by atoms with Gasteiger partial charge in [0, 0.05) is 23.7 Å². The van der Waals surface area contributed by atoms with Gasteiger partial charge in [-0.3, -0.25) is 14.7 Å². The molecule has 1 aliphatic carbocycles. The molecule has 1 saturated carbocycles. The number of nitrogens with zero attached hydrogens (tertiary/aromatic N) is 2. The largest absolute Gasteiger partial charge is 0.461 e. The van der Waals surface area contributed by atoms with Crippen molar-refractivity contribution in [2.75, 3.05) is 5.32 Å². The maximum atomic E-state index is 12.1. The molecule has 9 heteroatoms. The lowest BCUT2D eigenvalue weighted by atomic mass is 10.0. The van der Waals surface area contributed by atoms with E-state index in [1.54, 1.807) is 13.0 Å². The average Bonchev–Trinajstić information content (AvgIpc) is 3.36. The number of carbonyl (C=O) groups is 2. The lowest BCUT2D eigenvalue weighted by molar-refractivity contribution is -0.151. The van der Waals surface area contributed by atoms with Crippen LogP contribution in [-0.2, 0) is 20.7 Å². The third kappa shape index (κ3) is 4.98. The van der Waals surface area contributed by atoms with E-state index < -0.39 is 6.04 Å². The first kappa shape index (κ1) is 20.1. The maximum Gasteiger partial charge on any atom is 0.323 e. The number of hydrogen-bond donors (Lipinski definition) is 3. The van der Waals surface area contributed by atoms with Crippen molar-refractivity contribution < 1.29 is 18.8 Å². The topological polar surface area (TPSA) is 136 Å². The van der Waals surface area contributed by atoms with Gasteiger partial charge in [0.25, 0.3) is 0 Å². The van der Waals surface area contributed by atoms with Gasteiger partial charge < -0.3 is 20.3 Å². The smallest absolute Gasteiger partial charge is 0.323 e. The van der Waals surface area contributed by atoms with E-state index in [1.807, 2.05) is 19.9 Å². The molecule has 2 aromatic heterocycles. The molecule has 1 fully saturated rings. The summed E-state index contributed by atoms with van der Waals surface area (Å²) in [5.74, 6) is 0.632. The van der Waals surface area contributed by atoms with Crippen molar-refractivity contribution in [3.8, 4) is 0 Å². The molecule has 0 spiro atoms. The minimum absolute atomic E-state index is 0.0457. The van der Waals surface area contributed by atoms with Crippen LogP contribution in [0.15, 0.2) is 16.7 Å². The second-order valence-electron chi connectivity index (χ2n) is 7.71. The molecule has 9 nitrogen and oxygen atoms in total. The molecule has 28 heavy (non-hydrogen) atoms. The number of nitrogens with two attached hydrogens (primary N) is 1. The number of ether oxygens (including phenoxy) is 1. The number of esters is 1. The van der Waals surface area contributed by atoms with Crippen LogP contribution >= 0.6 is 0 Å². The van der Waals surface area contributed by atoms with Crippen LogP contribution in [0.2, 0.25) is 0 Å². The SMILES string of the molecule is Cc1cc(CC(=O)Nc2cc([C@H]3CC[C@@H](OC(=O)C(N)C(C)C)C3)[nH]n2)on1. The third-order valence-corrected chi connectivity index (χ3v) is 4.97. The van der Waals surface area contributed by atoms with E-state index in [2.05, 4.69) is 20.7 Å². The quantitative estimate of drug-likeness (QED) is 0.616. The zero-order chi connectivity index (χ0) is 20.3. The summed E-state index contributed by atoms with van der Waals surface area (Å²) in [6.07, 6.45) is 2.33. The molecular formula is C19H27N5O4. The summed E-state index contributed by atoms with van der Waals surface area (Å²) in [5, 5.41) is 13.6. The van der Waals surface area contributed by atoms with Gasteiger partial charge in [0.05, 0.1) is 12.1 Å². The van der Waals surface area contributed by atoms with Gasteiger partial charge in [-0.05, 0) is 32.1 Å². The van der Waals surface area contributed by atoms with Crippen LogP contribution in [0, 0.1) is 12.8 Å². The number of aromatic nitrogens is 3. The molecule has 1 unspecified atom stereocenters. The number of nitrogens with one attached hydrogen (secondary N) is 2. The Morgan fingerprint density at radius 3 is 2.86 bits per heavy atom. The van der Waals surface area contributed by atoms with Crippen LogP contribution in [0.25, 0.3) is 0 Å². The van der Waals surface area contributed by atoms with E-state index in [0.29, 0.717) is 18.0 Å². The lowest BCUT2D eigenvalue weighted by Gasteiger charge is -2.18. The molecule has 2 aromatic rings. The average molecular weight is 389 g/mol. The molecule has 1 amide bonds. The summed E-state index contributed by atoms with van der Waals surface area (Å²) in [6, 6.07) is 2.94. The van der Waals surface area contributed by atoms with Gasteiger partial charge in [0.2, 0.25) is 5.91 Å². The first-order valence-corrected chi connectivity index (χ1v) is 9.55. The Kier molecular flexibility index (Phi) is 6.13. The van der Waals surface area contributed by atoms with Crippen LogP contribution in [0.3, 0.4) is 0 Å². The standard InChI is InChI=1S/C19H27N5O4/c1-10(2)18(20)19(26)27-13-5-4-12(7-13)15-9-16(23-22-15)21-17(25)8-14-6-11(3)24-28-14/h6,9-10,12-13,18H,4-5,7-8,20H2,1-3H3,(H2,21,22,23,25)/t12-,13+,18?/m0/s1. The predicted octanol–water partition coefficient (Wildman–Crippen LogP) is 2.05. The van der Waals surface area contributed by atoms with Crippen molar-refractivity contribution in [3.05, 3.63) is 29.3 Å². The van der Waals surface area contributed by atoms with E-state index in [4.69, 9.17) is 15.0 Å². The highest BCUT2D eigenvalue weighted by Gasteiger charge is 2.31. The molecule has 1 aliphatic rings. The van der Waals surface area contributed by atoms with Crippen molar-refractivity contribution in [1.82, 2.24) is 15.4 Å². The van der Waals surface area contributed by atoms with Crippen molar-refractivity contribution in [3.63, 3.8) is 0 Å². The number of amides is 1. The normalized spacial score (nSPS) is 20.3. The summed E-state index contributed by atoms with van der Waals surface area (Å²) in [4.78, 5) is 24.1. The molecule has 4 N–H and O–H groups in total. The molecule has 3 rings (SSSR count). The Morgan fingerprint density at radius 1 is 1.39 bits per heavy atom. The molecule has 0 aromatic carbocycles. The minimum atomic E-state index is -0.596. The molecule has 0 saturated heterocycles. The number of aromatic amines is 1. The zero-order valence-corrected chi connectivity index (χ0v) is 16.4. The Labute approximate surface area is 163 Å². The van der Waals surface area contributed by atoms with Gasteiger partial charge in [-0.15, -0.1) is 0 Å². The van der Waals surface area contributed by atoms with Gasteiger partial charge in [-0.2, -0.15) is 5.10 Å². The molecule has 152 valence electrons. The third-order valence-electron chi connectivity index (χ3n) is 4.97. The van der Waals surface area contributed by atoms with Gasteiger partial charge in [-0.25, -0.2) is 0 Å². The summed E-state index contributed by atoms with van der Waals surface area (Å²) >= 11 is 0. The predicted molar refractivity (Wildman–Crippen MR) is 101 cm³/mol. The molecule has 3 atom stereocenters. The number of aryl methyl sites for hydroxylation is 1. The van der Waals surface area contributed by atoms with E-state index in [0.717, 1.165) is 24.2 Å². The highest BCUT2D eigenvalue weighted by atomic mass is 16.5. The Balaban J connectivity index is 1.50. The molecule has 2 heterocycles. The van der Waals surface area contributed by atoms with Gasteiger partial charge in [0.15, 0.2) is 5.82 Å². The second kappa shape index (κ2) is 8.55. The monoisotopic (exact) mass is 389 g/mol. The number of hydrogen-bond acceptors (Lipinski definition) is 7. The first-order valence-electron chi connectivity index (χ1n) is 9.55. The fourth-order valence-electron chi connectivity index (χ4n) is 3.30. The van der Waals surface area contributed by atoms with E-state index in [-0.39, 0.29) is 36.2 Å². The zero-order valence-electron chi connectivity index (χ0n) is 16.4. The number of anilines is 1. The van der Waals surface area contributed by atoms with Crippen molar-refractivity contribution >= 4 is 17.7 Å². The summed E-state index contributed by atoms with van der Waals surface area (Å²) in [5.41, 5.74) is 7.50. The van der Waals surface area contributed by atoms with E-state index in [1.165, 1.54) is 0 Å². The maximum absolute atomic E-state index is 12.1. The second-order valence-corrected chi connectivity index (χ2v) is 7.71. The highest BCUT2D eigenvalue weighted by molar-refractivity contribution is 5.91. The van der Waals surface area contributed by atoms with E-state index >= 15 is 0 Å². The first-order chi connectivity index (χ1) is 13.3. The summed E-state index contributed by atoms with van der Waals surface area (Å²) < 4.78 is 10.6. The number of rotatable bonds is 7. The Bertz CT molecular complexity index is 828. The van der Waals surface area contributed by atoms with Crippen molar-refractivity contribution in [2.45, 2.75) is 64.5 Å². The van der Waals surface area contributed by atoms with Crippen LogP contribution in [-0.4, -0.2) is 39.4 Å². The van der Waals surface area contributed by atoms with Crippen LogP contribution in [0.5, 0.6) is 0 Å². The van der Waals surface area contributed by atoms with Crippen LogP contribution in [0.4, 0.5) is 5.82 Å². The fourth-order valence-corrected chi connectivity index (χ4v) is 3.30. The van der Waals surface area contributed by atoms with E-state index in [9.17, 15) is 9.59 Å². The number of H-pyrrole nitrogens is 1. The van der Waals surface area contributed by atoms with Crippen LogP contribution < -0.4 is 11.1 Å². The van der Waals surface area contributed by atoms with Crippen molar-refractivity contribution in [1.29, 1.82) is 0 Å². The molecule has 0 radical (unpaired) electrons. The summed E-state index contributed by atoms with van der Waals surface area (Å²) in [7, 11) is 0. The van der Waals surface area contributed by atoms with Crippen LogP contribution in [0.1, 0.15) is 56.2 Å². The van der Waals surface area contributed by atoms with Gasteiger partial charge >= 0.3 is 5.97 Å². The highest BCUT2D eigenvalue weighted by Crippen LogP contribution is 2.36. The molecule has 0 bridgehead atoms. The Hall–Kier alpha value is -2.68. The van der Waals surface area contributed by atoms with Crippen molar-refractivity contribution in [2.24, 2.45) is 11.7 Å². The lowest BCUT2D eigenvalue weighted by Crippen LogP contribution is -2.38. The van der Waals surface area contributed by atoms with Gasteiger partial charge in [-0.1, -0.05) is 19.0 Å². The summed E-state index contributed by atoms with van der Waals surface area (Å²) in [6.45, 7) is 5.59. The van der Waals surface area contributed by atoms with Gasteiger partial charge in [0.1, 0.15) is 17.9 Å². The minimum Gasteiger partial charge on any atom is -0.461 e. The fraction of sp³-hybridized carbons (Fsp3) is 0.579.